The Morgan fingerprint density at radius 3 is 2.61 bits per heavy atom. The van der Waals surface area contributed by atoms with Crippen molar-refractivity contribution in [2.75, 3.05) is 24.9 Å². The first-order valence-corrected chi connectivity index (χ1v) is 9.67. The van der Waals surface area contributed by atoms with Gasteiger partial charge in [0.15, 0.2) is 5.13 Å². The van der Waals surface area contributed by atoms with Crippen molar-refractivity contribution < 1.29 is 14.3 Å². The zero-order valence-corrected chi connectivity index (χ0v) is 17.1. The van der Waals surface area contributed by atoms with E-state index in [1.807, 2.05) is 55.6 Å². The molecule has 6 nitrogen and oxygen atoms in total. The number of thiazole rings is 1. The molecule has 0 aliphatic rings. The third-order valence-electron chi connectivity index (χ3n) is 4.20. The van der Waals surface area contributed by atoms with Gasteiger partial charge in [-0.05, 0) is 37.6 Å². The minimum atomic E-state index is -0.0947. The highest BCUT2D eigenvalue weighted by Gasteiger charge is 2.11. The molecule has 0 saturated carbocycles. The van der Waals surface area contributed by atoms with Crippen molar-refractivity contribution >= 4 is 33.8 Å². The van der Waals surface area contributed by atoms with Crippen LogP contribution in [0.3, 0.4) is 0 Å². The first-order chi connectivity index (χ1) is 13.5. The monoisotopic (exact) mass is 397 g/mol. The third kappa shape index (κ3) is 4.80. The van der Waals surface area contributed by atoms with E-state index in [2.05, 4.69) is 15.6 Å². The number of hydrogen-bond acceptors (Lipinski definition) is 6. The molecule has 0 saturated heterocycles. The van der Waals surface area contributed by atoms with Crippen molar-refractivity contribution in [1.29, 1.82) is 0 Å². The Labute approximate surface area is 168 Å². The highest BCUT2D eigenvalue weighted by Crippen LogP contribution is 2.32. The smallest absolute Gasteiger partial charge is 0.230 e. The van der Waals surface area contributed by atoms with Gasteiger partial charge in [-0.15, -0.1) is 11.3 Å². The van der Waals surface area contributed by atoms with Crippen LogP contribution in [0.2, 0.25) is 0 Å². The molecule has 0 aliphatic heterocycles. The second-order valence-electron chi connectivity index (χ2n) is 6.38. The highest BCUT2D eigenvalue weighted by molar-refractivity contribution is 7.13. The Morgan fingerprint density at radius 2 is 1.89 bits per heavy atom. The molecule has 0 atom stereocenters. The van der Waals surface area contributed by atoms with Crippen LogP contribution >= 0.6 is 11.3 Å². The zero-order valence-electron chi connectivity index (χ0n) is 16.3. The molecule has 0 bridgehead atoms. The second kappa shape index (κ2) is 8.75. The molecule has 2 aromatic carbocycles. The van der Waals surface area contributed by atoms with E-state index >= 15 is 0 Å². The molecular formula is C21H23N3O3S. The van der Waals surface area contributed by atoms with Crippen molar-refractivity contribution in [1.82, 2.24) is 4.98 Å². The number of hydrogen-bond donors (Lipinski definition) is 2. The van der Waals surface area contributed by atoms with Gasteiger partial charge < -0.3 is 20.1 Å². The average molecular weight is 398 g/mol. The van der Waals surface area contributed by atoms with E-state index in [1.54, 1.807) is 14.2 Å². The summed E-state index contributed by atoms with van der Waals surface area (Å²) in [7, 11) is 3.22. The number of methoxy groups -OCH3 is 2. The number of carbonyl (C=O) groups is 1. The normalized spacial score (nSPS) is 10.4. The number of ether oxygens (including phenoxy) is 2. The summed E-state index contributed by atoms with van der Waals surface area (Å²) >= 11 is 1.43. The number of carbonyl (C=O) groups excluding carboxylic acids is 1. The second-order valence-corrected chi connectivity index (χ2v) is 7.24. The topological polar surface area (TPSA) is 72.5 Å². The van der Waals surface area contributed by atoms with Gasteiger partial charge in [0, 0.05) is 17.1 Å². The molecule has 1 aromatic heterocycles. The molecule has 146 valence electrons. The SMILES string of the molecule is COc1ccc(OC)c(Nc2nc(CC(=O)Nc3ccc(C)cc3C)cs2)c1. The summed E-state index contributed by atoms with van der Waals surface area (Å²) in [5, 5.41) is 8.73. The molecule has 28 heavy (non-hydrogen) atoms. The zero-order chi connectivity index (χ0) is 20.1. The summed E-state index contributed by atoms with van der Waals surface area (Å²) < 4.78 is 10.6. The van der Waals surface area contributed by atoms with Gasteiger partial charge in [-0.1, -0.05) is 17.7 Å². The largest absolute Gasteiger partial charge is 0.497 e. The summed E-state index contributed by atoms with van der Waals surface area (Å²) in [6.45, 7) is 4.01. The number of rotatable bonds is 7. The van der Waals surface area contributed by atoms with E-state index < -0.39 is 0 Å². The molecule has 1 heterocycles. The number of anilines is 3. The number of aryl methyl sites for hydroxylation is 2. The minimum Gasteiger partial charge on any atom is -0.497 e. The molecule has 0 unspecified atom stereocenters. The van der Waals surface area contributed by atoms with E-state index in [0.29, 0.717) is 22.3 Å². The molecule has 0 fully saturated rings. The van der Waals surface area contributed by atoms with Gasteiger partial charge in [-0.2, -0.15) is 0 Å². The van der Waals surface area contributed by atoms with Crippen LogP contribution in [0, 0.1) is 13.8 Å². The molecule has 1 amide bonds. The van der Waals surface area contributed by atoms with E-state index in [9.17, 15) is 4.79 Å². The van der Waals surface area contributed by atoms with E-state index in [-0.39, 0.29) is 12.3 Å². The maximum atomic E-state index is 12.4. The Balaban J connectivity index is 1.66. The summed E-state index contributed by atoms with van der Waals surface area (Å²) in [6, 6.07) is 11.4. The Kier molecular flexibility index (Phi) is 6.16. The fourth-order valence-corrected chi connectivity index (χ4v) is 3.51. The predicted octanol–water partition coefficient (Wildman–Crippen LogP) is 4.70. The van der Waals surface area contributed by atoms with Crippen molar-refractivity contribution in [2.24, 2.45) is 0 Å². The summed E-state index contributed by atoms with van der Waals surface area (Å²) in [5.74, 6) is 1.31. The Bertz CT molecular complexity index is 985. The highest BCUT2D eigenvalue weighted by atomic mass is 32.1. The molecule has 2 N–H and O–H groups in total. The predicted molar refractivity (Wildman–Crippen MR) is 113 cm³/mol. The number of aromatic nitrogens is 1. The van der Waals surface area contributed by atoms with Crippen LogP contribution in [0.5, 0.6) is 11.5 Å². The summed E-state index contributed by atoms with van der Waals surface area (Å²) in [4.78, 5) is 16.9. The lowest BCUT2D eigenvalue weighted by Gasteiger charge is -2.10. The lowest BCUT2D eigenvalue weighted by molar-refractivity contribution is -0.115. The van der Waals surface area contributed by atoms with Crippen LogP contribution in [-0.4, -0.2) is 25.1 Å². The first-order valence-electron chi connectivity index (χ1n) is 8.79. The summed E-state index contributed by atoms with van der Waals surface area (Å²) in [5.41, 5.74) is 4.49. The van der Waals surface area contributed by atoms with E-state index in [1.165, 1.54) is 16.9 Å². The van der Waals surface area contributed by atoms with Crippen molar-refractivity contribution in [3.05, 3.63) is 58.6 Å². The standard InChI is InChI=1S/C21H23N3O3S/c1-13-5-7-17(14(2)9-13)23-20(25)10-15-12-28-21(22-15)24-18-11-16(26-3)6-8-19(18)27-4/h5-9,11-12H,10H2,1-4H3,(H,22,24)(H,23,25). The van der Waals surface area contributed by atoms with Crippen molar-refractivity contribution in [3.8, 4) is 11.5 Å². The van der Waals surface area contributed by atoms with Crippen LogP contribution < -0.4 is 20.1 Å². The van der Waals surface area contributed by atoms with Crippen molar-refractivity contribution in [2.45, 2.75) is 20.3 Å². The van der Waals surface area contributed by atoms with Gasteiger partial charge >= 0.3 is 0 Å². The third-order valence-corrected chi connectivity index (χ3v) is 5.00. The van der Waals surface area contributed by atoms with Crippen LogP contribution in [0.1, 0.15) is 16.8 Å². The molecule has 3 aromatic rings. The van der Waals surface area contributed by atoms with Gasteiger partial charge in [-0.3, -0.25) is 4.79 Å². The number of benzene rings is 2. The van der Waals surface area contributed by atoms with E-state index in [4.69, 9.17) is 9.47 Å². The molecular weight excluding hydrogens is 374 g/mol. The van der Waals surface area contributed by atoms with Gasteiger partial charge in [0.2, 0.25) is 5.91 Å². The van der Waals surface area contributed by atoms with E-state index in [0.717, 1.165) is 16.9 Å². The molecule has 7 heteroatoms. The summed E-state index contributed by atoms with van der Waals surface area (Å²) in [6.07, 6.45) is 0.209. The average Bonchev–Trinajstić information content (AvgIpc) is 3.10. The van der Waals surface area contributed by atoms with Crippen LogP contribution in [0.25, 0.3) is 0 Å². The molecule has 0 radical (unpaired) electrons. The molecule has 0 spiro atoms. The lowest BCUT2D eigenvalue weighted by atomic mass is 10.1. The van der Waals surface area contributed by atoms with Crippen LogP contribution in [-0.2, 0) is 11.2 Å². The number of nitrogens with zero attached hydrogens (tertiary/aromatic N) is 1. The van der Waals surface area contributed by atoms with Gasteiger partial charge in [-0.25, -0.2) is 4.98 Å². The fourth-order valence-electron chi connectivity index (χ4n) is 2.79. The number of nitrogens with one attached hydrogen (secondary N) is 2. The Morgan fingerprint density at radius 1 is 1.07 bits per heavy atom. The van der Waals surface area contributed by atoms with Crippen molar-refractivity contribution in [3.63, 3.8) is 0 Å². The first kappa shape index (κ1) is 19.7. The maximum Gasteiger partial charge on any atom is 0.230 e. The van der Waals surface area contributed by atoms with Gasteiger partial charge in [0.1, 0.15) is 11.5 Å². The Hall–Kier alpha value is -3.06. The molecule has 0 aliphatic carbocycles. The maximum absolute atomic E-state index is 12.4. The fraction of sp³-hybridized carbons (Fsp3) is 0.238. The minimum absolute atomic E-state index is 0.0947. The van der Waals surface area contributed by atoms with Crippen LogP contribution in [0.15, 0.2) is 41.8 Å². The van der Waals surface area contributed by atoms with Gasteiger partial charge in [0.25, 0.3) is 0 Å². The quantitative estimate of drug-likeness (QED) is 0.604. The molecule has 3 rings (SSSR count). The van der Waals surface area contributed by atoms with Gasteiger partial charge in [0.05, 0.1) is 32.0 Å². The number of amides is 1. The lowest BCUT2D eigenvalue weighted by Crippen LogP contribution is -2.15. The van der Waals surface area contributed by atoms with Crippen LogP contribution in [0.4, 0.5) is 16.5 Å².